The van der Waals surface area contributed by atoms with Gasteiger partial charge in [0, 0.05) is 11.1 Å². The summed E-state index contributed by atoms with van der Waals surface area (Å²) in [7, 11) is 0. The van der Waals surface area contributed by atoms with Gasteiger partial charge in [-0.15, -0.1) is 0 Å². The first-order valence-corrected chi connectivity index (χ1v) is 5.83. The van der Waals surface area contributed by atoms with Gasteiger partial charge in [0.05, 0.1) is 0 Å². The van der Waals surface area contributed by atoms with Crippen molar-refractivity contribution < 1.29 is 9.47 Å². The van der Waals surface area contributed by atoms with Crippen molar-refractivity contribution >= 4 is 11.6 Å². The van der Waals surface area contributed by atoms with Crippen molar-refractivity contribution in [3.05, 3.63) is 23.2 Å². The molecule has 0 unspecified atom stereocenters. The number of halogens is 1. The van der Waals surface area contributed by atoms with Crippen molar-refractivity contribution in [1.29, 1.82) is 0 Å². The van der Waals surface area contributed by atoms with Crippen LogP contribution in [0.3, 0.4) is 0 Å². The summed E-state index contributed by atoms with van der Waals surface area (Å²) in [5.74, 6) is 1.63. The molecule has 2 atom stereocenters. The third-order valence-electron chi connectivity index (χ3n) is 3.10. The summed E-state index contributed by atoms with van der Waals surface area (Å²) in [4.78, 5) is 0. The van der Waals surface area contributed by atoms with Crippen LogP contribution in [-0.2, 0) is 0 Å². The number of rotatable bonds is 0. The van der Waals surface area contributed by atoms with Crippen molar-refractivity contribution in [1.82, 2.24) is 0 Å². The maximum Gasteiger partial charge on any atom is 0.163 e. The molecule has 0 radical (unpaired) electrons. The van der Waals surface area contributed by atoms with Gasteiger partial charge in [-0.2, -0.15) is 0 Å². The second-order valence-corrected chi connectivity index (χ2v) is 4.62. The number of hydrogen-bond acceptors (Lipinski definition) is 2. The highest BCUT2D eigenvalue weighted by molar-refractivity contribution is 6.30. The summed E-state index contributed by atoms with van der Waals surface area (Å²) in [6.07, 6.45) is 5.15. The highest BCUT2D eigenvalue weighted by atomic mass is 35.5. The predicted molar refractivity (Wildman–Crippen MR) is 58.8 cm³/mol. The summed E-state index contributed by atoms with van der Waals surface area (Å²) in [5, 5.41) is 0.701. The third-order valence-corrected chi connectivity index (χ3v) is 3.34. The number of benzene rings is 1. The molecular formula is C12H13ClO2. The van der Waals surface area contributed by atoms with Gasteiger partial charge < -0.3 is 9.47 Å². The van der Waals surface area contributed by atoms with E-state index in [4.69, 9.17) is 21.1 Å². The van der Waals surface area contributed by atoms with Gasteiger partial charge in [-0.3, -0.25) is 0 Å². The van der Waals surface area contributed by atoms with Crippen molar-refractivity contribution in [2.45, 2.75) is 37.9 Å². The molecule has 0 bridgehead atoms. The highest BCUT2D eigenvalue weighted by Gasteiger charge is 2.33. The van der Waals surface area contributed by atoms with Gasteiger partial charge >= 0.3 is 0 Å². The van der Waals surface area contributed by atoms with Gasteiger partial charge in [0.1, 0.15) is 12.2 Å². The number of fused-ring (bicyclic) bond motifs is 2. The maximum atomic E-state index is 5.92. The molecule has 1 aromatic carbocycles. The van der Waals surface area contributed by atoms with E-state index in [1.54, 1.807) is 0 Å². The lowest BCUT2D eigenvalue weighted by Gasteiger charge is -2.36. The molecule has 0 amide bonds. The normalized spacial score (nSPS) is 28.3. The molecule has 1 heterocycles. The van der Waals surface area contributed by atoms with Crippen molar-refractivity contribution in [2.75, 3.05) is 0 Å². The van der Waals surface area contributed by atoms with Crippen LogP contribution in [0.4, 0.5) is 0 Å². The molecule has 1 aliphatic heterocycles. The molecule has 2 aliphatic rings. The predicted octanol–water partition coefficient (Wildman–Crippen LogP) is 3.42. The van der Waals surface area contributed by atoms with Gasteiger partial charge in [0.25, 0.3) is 0 Å². The molecule has 2 nitrogen and oxygen atoms in total. The van der Waals surface area contributed by atoms with Crippen molar-refractivity contribution in [3.63, 3.8) is 0 Å². The molecule has 1 aromatic rings. The maximum absolute atomic E-state index is 5.92. The fraction of sp³-hybridized carbons (Fsp3) is 0.500. The summed E-state index contributed by atoms with van der Waals surface area (Å²) < 4.78 is 11.8. The van der Waals surface area contributed by atoms with Crippen LogP contribution < -0.4 is 9.47 Å². The van der Waals surface area contributed by atoms with Gasteiger partial charge in [-0.1, -0.05) is 11.6 Å². The third kappa shape index (κ3) is 1.67. The van der Waals surface area contributed by atoms with Crippen LogP contribution in [0.25, 0.3) is 0 Å². The molecule has 0 saturated heterocycles. The van der Waals surface area contributed by atoms with Gasteiger partial charge in [-0.05, 0) is 37.8 Å². The van der Waals surface area contributed by atoms with E-state index in [2.05, 4.69) is 0 Å². The molecule has 15 heavy (non-hydrogen) atoms. The lowest BCUT2D eigenvalue weighted by atomic mass is 9.94. The first-order chi connectivity index (χ1) is 7.33. The standard InChI is InChI=1S/C12H13ClO2/c13-8-5-6-11-12(7-8)15-10-4-2-1-3-9(10)14-11/h5-7,9-10H,1-4H2/t9-,10-/m0/s1. The van der Waals surface area contributed by atoms with E-state index in [9.17, 15) is 0 Å². The molecule has 3 rings (SSSR count). The van der Waals surface area contributed by atoms with Crippen molar-refractivity contribution in [3.8, 4) is 11.5 Å². The van der Waals surface area contributed by atoms with Gasteiger partial charge in [-0.25, -0.2) is 0 Å². The van der Waals surface area contributed by atoms with Crippen LogP contribution in [0.1, 0.15) is 25.7 Å². The fourth-order valence-electron chi connectivity index (χ4n) is 2.33. The zero-order chi connectivity index (χ0) is 10.3. The summed E-state index contributed by atoms with van der Waals surface area (Å²) in [5.41, 5.74) is 0. The Morgan fingerprint density at radius 3 is 2.40 bits per heavy atom. The average molecular weight is 225 g/mol. The van der Waals surface area contributed by atoms with Gasteiger partial charge in [0.2, 0.25) is 0 Å². The van der Waals surface area contributed by atoms with E-state index in [0.717, 1.165) is 24.3 Å². The summed E-state index contributed by atoms with van der Waals surface area (Å²) in [6, 6.07) is 5.57. The SMILES string of the molecule is Clc1ccc2c(c1)O[C@H]1CCCC[C@@H]1O2. The second kappa shape index (κ2) is 3.60. The molecule has 1 aliphatic carbocycles. The quantitative estimate of drug-likeness (QED) is 0.672. The molecule has 0 N–H and O–H groups in total. The van der Waals surface area contributed by atoms with Crippen LogP contribution in [-0.4, -0.2) is 12.2 Å². The van der Waals surface area contributed by atoms with Crippen molar-refractivity contribution in [2.24, 2.45) is 0 Å². The summed E-state index contributed by atoms with van der Waals surface area (Å²) >= 11 is 5.92. The molecule has 0 aromatic heterocycles. The van der Waals surface area contributed by atoms with Crippen LogP contribution in [0.15, 0.2) is 18.2 Å². The monoisotopic (exact) mass is 224 g/mol. The topological polar surface area (TPSA) is 18.5 Å². The first kappa shape index (κ1) is 9.34. The van der Waals surface area contributed by atoms with Crippen LogP contribution in [0.2, 0.25) is 5.02 Å². The largest absolute Gasteiger partial charge is 0.483 e. The Morgan fingerprint density at radius 1 is 1.00 bits per heavy atom. The molecular weight excluding hydrogens is 212 g/mol. The zero-order valence-corrected chi connectivity index (χ0v) is 9.17. The van der Waals surface area contributed by atoms with Crippen LogP contribution in [0, 0.1) is 0 Å². The molecule has 0 spiro atoms. The summed E-state index contributed by atoms with van der Waals surface area (Å²) in [6.45, 7) is 0. The Labute approximate surface area is 94.1 Å². The van der Waals surface area contributed by atoms with E-state index >= 15 is 0 Å². The lowest BCUT2D eigenvalue weighted by molar-refractivity contribution is -0.00600. The Hall–Kier alpha value is -0.890. The highest BCUT2D eigenvalue weighted by Crippen LogP contribution is 2.39. The second-order valence-electron chi connectivity index (χ2n) is 4.19. The molecule has 1 fully saturated rings. The minimum atomic E-state index is 0.227. The van der Waals surface area contributed by atoms with E-state index < -0.39 is 0 Å². The first-order valence-electron chi connectivity index (χ1n) is 5.46. The Morgan fingerprint density at radius 2 is 1.67 bits per heavy atom. The Balaban J connectivity index is 1.92. The Bertz CT molecular complexity index is 378. The van der Waals surface area contributed by atoms with Crippen LogP contribution >= 0.6 is 11.6 Å². The number of ether oxygens (including phenoxy) is 2. The lowest BCUT2D eigenvalue weighted by Crippen LogP contribution is -2.41. The van der Waals surface area contributed by atoms with Gasteiger partial charge in [0.15, 0.2) is 11.5 Å². The fourth-order valence-corrected chi connectivity index (χ4v) is 2.49. The number of hydrogen-bond donors (Lipinski definition) is 0. The van der Waals surface area contributed by atoms with E-state index in [0.29, 0.717) is 5.02 Å². The molecule has 3 heteroatoms. The zero-order valence-electron chi connectivity index (χ0n) is 8.41. The molecule has 1 saturated carbocycles. The average Bonchev–Trinajstić information content (AvgIpc) is 2.26. The van der Waals surface area contributed by atoms with E-state index in [-0.39, 0.29) is 12.2 Å². The minimum Gasteiger partial charge on any atom is -0.483 e. The van der Waals surface area contributed by atoms with E-state index in [1.807, 2.05) is 18.2 Å². The minimum absolute atomic E-state index is 0.227. The van der Waals surface area contributed by atoms with Crippen LogP contribution in [0.5, 0.6) is 11.5 Å². The smallest absolute Gasteiger partial charge is 0.163 e. The Kier molecular flexibility index (Phi) is 2.24. The molecule has 80 valence electrons. The van der Waals surface area contributed by atoms with E-state index in [1.165, 1.54) is 12.8 Å².